The van der Waals surface area contributed by atoms with Gasteiger partial charge in [0.25, 0.3) is 0 Å². The number of nitrogens with zero attached hydrogens (tertiary/aromatic N) is 1. The number of rotatable bonds is 4. The number of hydrogen-bond acceptors (Lipinski definition) is 2. The molecule has 2 aliphatic rings. The summed E-state index contributed by atoms with van der Waals surface area (Å²) in [5.41, 5.74) is 6.01. The summed E-state index contributed by atoms with van der Waals surface area (Å²) in [6.45, 7) is 4.17. The van der Waals surface area contributed by atoms with Gasteiger partial charge in [-0.3, -0.25) is 4.99 Å². The maximum atomic E-state index is 6.01. The quantitative estimate of drug-likeness (QED) is 0.467. The second-order valence-corrected chi connectivity index (χ2v) is 6.28. The Labute approximate surface area is 117 Å². The minimum atomic E-state index is 0.322. The van der Waals surface area contributed by atoms with Crippen LogP contribution in [-0.2, 0) is 4.74 Å². The van der Waals surface area contributed by atoms with Crippen LogP contribution in [0.25, 0.3) is 0 Å². The molecule has 0 aromatic carbocycles. The number of aliphatic imine (C=N–C) groups is 1. The highest BCUT2D eigenvalue weighted by Gasteiger charge is 2.30. The summed E-state index contributed by atoms with van der Waals surface area (Å²) in [5, 5.41) is 3.34. The van der Waals surface area contributed by atoms with Gasteiger partial charge in [-0.1, -0.05) is 25.7 Å². The lowest BCUT2D eigenvalue weighted by atomic mass is 9.89. The maximum Gasteiger partial charge on any atom is 0.189 e. The molecule has 0 saturated heterocycles. The van der Waals surface area contributed by atoms with Crippen molar-refractivity contribution in [3.8, 4) is 0 Å². The molecule has 2 rings (SSSR count). The summed E-state index contributed by atoms with van der Waals surface area (Å²) < 4.78 is 5.74. The van der Waals surface area contributed by atoms with Crippen molar-refractivity contribution < 1.29 is 4.74 Å². The molecule has 2 fully saturated rings. The predicted octanol–water partition coefficient (Wildman–Crippen LogP) is 2.57. The Bertz CT molecular complexity index is 290. The van der Waals surface area contributed by atoms with Gasteiger partial charge in [0.1, 0.15) is 0 Å². The Kier molecular flexibility index (Phi) is 5.49. The molecule has 0 radical (unpaired) electrons. The molecule has 0 bridgehead atoms. The predicted molar refractivity (Wildman–Crippen MR) is 79.3 cm³/mol. The summed E-state index contributed by atoms with van der Waals surface area (Å²) in [7, 11) is 0. The average Bonchev–Trinajstić information content (AvgIpc) is 2.54. The number of nitrogens with one attached hydrogen (secondary N) is 1. The van der Waals surface area contributed by atoms with E-state index in [2.05, 4.69) is 24.2 Å². The van der Waals surface area contributed by atoms with Gasteiger partial charge in [-0.15, -0.1) is 0 Å². The van der Waals surface area contributed by atoms with Crippen molar-refractivity contribution in [1.82, 2.24) is 5.32 Å². The van der Waals surface area contributed by atoms with Crippen molar-refractivity contribution in [3.05, 3.63) is 0 Å². The Balaban J connectivity index is 1.68. The largest absolute Gasteiger partial charge is 0.375 e. The molecule has 0 amide bonds. The van der Waals surface area contributed by atoms with Crippen LogP contribution in [0.2, 0.25) is 0 Å². The van der Waals surface area contributed by atoms with Gasteiger partial charge >= 0.3 is 0 Å². The summed E-state index contributed by atoms with van der Waals surface area (Å²) in [6.07, 6.45) is 10.6. The molecule has 0 unspecified atom stereocenters. The van der Waals surface area contributed by atoms with Gasteiger partial charge in [0.2, 0.25) is 0 Å². The first-order valence-electron chi connectivity index (χ1n) is 7.88. The van der Waals surface area contributed by atoms with Crippen LogP contribution in [0.4, 0.5) is 0 Å². The van der Waals surface area contributed by atoms with Gasteiger partial charge in [0.15, 0.2) is 5.96 Å². The first kappa shape index (κ1) is 14.6. The zero-order valence-electron chi connectivity index (χ0n) is 12.4. The van der Waals surface area contributed by atoms with Crippen molar-refractivity contribution in [1.29, 1.82) is 0 Å². The zero-order valence-corrected chi connectivity index (χ0v) is 12.4. The molecule has 4 heteroatoms. The standard InChI is InChI=1S/C15H29N3O/c1-11(2)19-14-9-13(10-14)18-15(16)17-12-7-5-3-4-6-8-12/h11-14H,3-10H2,1-2H3,(H3,16,17,18). The van der Waals surface area contributed by atoms with E-state index in [-0.39, 0.29) is 0 Å². The second-order valence-electron chi connectivity index (χ2n) is 6.28. The van der Waals surface area contributed by atoms with Crippen molar-refractivity contribution in [2.45, 2.75) is 89.5 Å². The molecule has 0 aromatic heterocycles. The Morgan fingerprint density at radius 2 is 1.79 bits per heavy atom. The number of ether oxygens (including phenoxy) is 1. The Morgan fingerprint density at radius 1 is 1.16 bits per heavy atom. The fourth-order valence-corrected chi connectivity index (χ4v) is 3.01. The van der Waals surface area contributed by atoms with Gasteiger partial charge in [0.05, 0.1) is 18.2 Å². The van der Waals surface area contributed by atoms with Gasteiger partial charge in [-0.05, 0) is 39.5 Å². The Hall–Kier alpha value is -0.770. The van der Waals surface area contributed by atoms with Crippen LogP contribution in [-0.4, -0.2) is 30.3 Å². The third-order valence-corrected chi connectivity index (χ3v) is 4.06. The topological polar surface area (TPSA) is 59.6 Å². The summed E-state index contributed by atoms with van der Waals surface area (Å²) in [5.74, 6) is 0.639. The SMILES string of the molecule is CC(C)OC1CC(NC(N)=NC2CCCCCC2)C1. The molecular weight excluding hydrogens is 238 g/mol. The monoisotopic (exact) mass is 267 g/mol. The van der Waals surface area contributed by atoms with Crippen LogP contribution in [0.15, 0.2) is 4.99 Å². The number of guanidine groups is 1. The third kappa shape index (κ3) is 5.01. The van der Waals surface area contributed by atoms with Crippen molar-refractivity contribution in [2.24, 2.45) is 10.7 Å². The Morgan fingerprint density at radius 3 is 2.37 bits per heavy atom. The molecular formula is C15H29N3O. The van der Waals surface area contributed by atoms with E-state index in [0.29, 0.717) is 30.3 Å². The summed E-state index contributed by atoms with van der Waals surface area (Å²) in [4.78, 5) is 4.65. The third-order valence-electron chi connectivity index (χ3n) is 4.06. The average molecular weight is 267 g/mol. The zero-order chi connectivity index (χ0) is 13.7. The highest BCUT2D eigenvalue weighted by molar-refractivity contribution is 5.78. The normalized spacial score (nSPS) is 29.9. The van der Waals surface area contributed by atoms with E-state index in [0.717, 1.165) is 12.8 Å². The van der Waals surface area contributed by atoms with Crippen molar-refractivity contribution >= 4 is 5.96 Å². The number of nitrogens with two attached hydrogens (primary N) is 1. The lowest BCUT2D eigenvalue weighted by molar-refractivity contribution is -0.0466. The highest BCUT2D eigenvalue weighted by atomic mass is 16.5. The van der Waals surface area contributed by atoms with E-state index in [1.807, 2.05) is 0 Å². The minimum Gasteiger partial charge on any atom is -0.375 e. The van der Waals surface area contributed by atoms with Crippen LogP contribution in [0, 0.1) is 0 Å². The van der Waals surface area contributed by atoms with E-state index in [1.165, 1.54) is 38.5 Å². The van der Waals surface area contributed by atoms with Gasteiger partial charge < -0.3 is 15.8 Å². The highest BCUT2D eigenvalue weighted by Crippen LogP contribution is 2.24. The smallest absolute Gasteiger partial charge is 0.189 e. The molecule has 2 aliphatic carbocycles. The molecule has 0 spiro atoms. The van der Waals surface area contributed by atoms with Gasteiger partial charge in [-0.25, -0.2) is 0 Å². The fraction of sp³-hybridized carbons (Fsp3) is 0.933. The minimum absolute atomic E-state index is 0.322. The molecule has 110 valence electrons. The van der Waals surface area contributed by atoms with E-state index in [1.54, 1.807) is 0 Å². The van der Waals surface area contributed by atoms with Crippen LogP contribution < -0.4 is 11.1 Å². The van der Waals surface area contributed by atoms with Gasteiger partial charge in [0, 0.05) is 6.04 Å². The summed E-state index contributed by atoms with van der Waals surface area (Å²) in [6, 6.07) is 0.899. The molecule has 0 atom stereocenters. The molecule has 0 aromatic rings. The molecule has 4 nitrogen and oxygen atoms in total. The number of hydrogen-bond donors (Lipinski definition) is 2. The lowest BCUT2D eigenvalue weighted by Crippen LogP contribution is -2.51. The molecule has 2 saturated carbocycles. The molecule has 0 aliphatic heterocycles. The second kappa shape index (κ2) is 7.13. The van der Waals surface area contributed by atoms with E-state index in [4.69, 9.17) is 10.5 Å². The summed E-state index contributed by atoms with van der Waals surface area (Å²) >= 11 is 0. The van der Waals surface area contributed by atoms with E-state index >= 15 is 0 Å². The van der Waals surface area contributed by atoms with Crippen molar-refractivity contribution in [3.63, 3.8) is 0 Å². The lowest BCUT2D eigenvalue weighted by Gasteiger charge is -2.37. The first-order chi connectivity index (χ1) is 9.13. The van der Waals surface area contributed by atoms with E-state index < -0.39 is 0 Å². The van der Waals surface area contributed by atoms with Crippen LogP contribution in [0.3, 0.4) is 0 Å². The van der Waals surface area contributed by atoms with Crippen LogP contribution >= 0.6 is 0 Å². The first-order valence-corrected chi connectivity index (χ1v) is 7.88. The molecule has 19 heavy (non-hydrogen) atoms. The fourth-order valence-electron chi connectivity index (χ4n) is 3.01. The van der Waals surface area contributed by atoms with Crippen LogP contribution in [0.5, 0.6) is 0 Å². The molecule has 3 N–H and O–H groups in total. The van der Waals surface area contributed by atoms with Gasteiger partial charge in [-0.2, -0.15) is 0 Å². The maximum absolute atomic E-state index is 6.01. The van der Waals surface area contributed by atoms with Crippen LogP contribution in [0.1, 0.15) is 65.2 Å². The molecule has 0 heterocycles. The van der Waals surface area contributed by atoms with E-state index in [9.17, 15) is 0 Å². The van der Waals surface area contributed by atoms with Crippen molar-refractivity contribution in [2.75, 3.05) is 0 Å².